The van der Waals surface area contributed by atoms with Gasteiger partial charge in [-0.2, -0.15) is 0 Å². The zero-order chi connectivity index (χ0) is 8.41. The lowest BCUT2D eigenvalue weighted by Gasteiger charge is -1.96. The van der Waals surface area contributed by atoms with Crippen molar-refractivity contribution in [2.75, 3.05) is 20.3 Å². The Labute approximate surface area is 58.6 Å². The molecule has 0 heterocycles. The van der Waals surface area contributed by atoms with Gasteiger partial charge in [-0.3, -0.25) is 0 Å². The predicted molar refractivity (Wildman–Crippen MR) is 34.2 cm³/mol. The van der Waals surface area contributed by atoms with E-state index < -0.39 is 6.10 Å². The summed E-state index contributed by atoms with van der Waals surface area (Å²) in [6.45, 7) is -0.729. The highest BCUT2D eigenvalue weighted by atomic mass is 16.3. The maximum Gasteiger partial charge on any atom is 0.234 e. The van der Waals surface area contributed by atoms with Crippen molar-refractivity contribution in [2.24, 2.45) is 4.99 Å². The highest BCUT2D eigenvalue weighted by molar-refractivity contribution is 5.32. The molecule has 0 aliphatic rings. The molecule has 5 nitrogen and oxygen atoms in total. The van der Waals surface area contributed by atoms with Crippen molar-refractivity contribution < 1.29 is 20.1 Å². The minimum absolute atomic E-state index is 0.365. The van der Waals surface area contributed by atoms with Gasteiger partial charge in [0.1, 0.15) is 6.10 Å². The normalized spacial score (nSPS) is 7.70. The Morgan fingerprint density at radius 2 is 1.80 bits per heavy atom. The Bertz CT molecular complexity index is 95.8. The lowest BCUT2D eigenvalue weighted by atomic mass is 10.4. The fourth-order valence-electron chi connectivity index (χ4n) is 0.0577. The molecule has 0 aromatic heterocycles. The molecule has 0 fully saturated rings. The van der Waals surface area contributed by atoms with Crippen molar-refractivity contribution in [3.8, 4) is 0 Å². The highest BCUT2D eigenvalue weighted by Crippen LogP contribution is 1.71. The predicted octanol–water partition coefficient (Wildman–Crippen LogP) is -1.72. The van der Waals surface area contributed by atoms with Crippen molar-refractivity contribution in [3.05, 3.63) is 0 Å². The second-order valence-corrected chi connectivity index (χ2v) is 1.33. The summed E-state index contributed by atoms with van der Waals surface area (Å²) in [5.74, 6) is 0. The van der Waals surface area contributed by atoms with E-state index in [-0.39, 0.29) is 13.2 Å². The van der Waals surface area contributed by atoms with E-state index in [0.717, 1.165) is 0 Å². The van der Waals surface area contributed by atoms with Crippen LogP contribution in [0.5, 0.6) is 0 Å². The molecule has 60 valence electrons. The molecule has 0 aromatic carbocycles. The molecular weight excluding hydrogens is 138 g/mol. The molecule has 0 aliphatic carbocycles. The van der Waals surface area contributed by atoms with Gasteiger partial charge in [-0.05, 0) is 0 Å². The molecule has 0 aliphatic heterocycles. The van der Waals surface area contributed by atoms with Gasteiger partial charge in [0.05, 0.1) is 13.2 Å². The number of rotatable bonds is 2. The first-order chi connectivity index (χ1) is 4.72. The van der Waals surface area contributed by atoms with Crippen molar-refractivity contribution in [1.29, 1.82) is 0 Å². The monoisotopic (exact) mass is 149 g/mol. The van der Waals surface area contributed by atoms with E-state index in [1.807, 2.05) is 0 Å². The average Bonchev–Trinajstić information content (AvgIpc) is 2.03. The maximum absolute atomic E-state index is 8.88. The largest absolute Gasteiger partial charge is 0.394 e. The summed E-state index contributed by atoms with van der Waals surface area (Å²) in [7, 11) is 1.38. The van der Waals surface area contributed by atoms with Crippen LogP contribution in [0, 0.1) is 0 Å². The van der Waals surface area contributed by atoms with Gasteiger partial charge in [-0.25, -0.2) is 9.79 Å². The number of aliphatic hydroxyl groups is 3. The Hall–Kier alpha value is -0.740. The molecule has 0 bridgehead atoms. The van der Waals surface area contributed by atoms with E-state index in [2.05, 4.69) is 4.99 Å². The number of aliphatic imine (C=N–C) groups is 1. The fourth-order valence-corrected chi connectivity index (χ4v) is 0.0577. The van der Waals surface area contributed by atoms with Crippen LogP contribution in [0.2, 0.25) is 0 Å². The summed E-state index contributed by atoms with van der Waals surface area (Å²) < 4.78 is 0. The number of carbonyl (C=O) groups excluding carboxylic acids is 1. The van der Waals surface area contributed by atoms with Gasteiger partial charge in [0, 0.05) is 7.05 Å². The first-order valence-corrected chi connectivity index (χ1v) is 2.58. The summed E-state index contributed by atoms with van der Waals surface area (Å²) >= 11 is 0. The van der Waals surface area contributed by atoms with Gasteiger partial charge >= 0.3 is 0 Å². The molecule has 10 heavy (non-hydrogen) atoms. The molecule has 5 heteroatoms. The lowest BCUT2D eigenvalue weighted by molar-refractivity contribution is 0.0450. The van der Waals surface area contributed by atoms with Crippen LogP contribution in [0.4, 0.5) is 0 Å². The molecule has 0 saturated carbocycles. The summed E-state index contributed by atoms with van der Waals surface area (Å²) in [5, 5.41) is 24.0. The first kappa shape index (κ1) is 12.0. The van der Waals surface area contributed by atoms with Gasteiger partial charge in [0.25, 0.3) is 0 Å². The summed E-state index contributed by atoms with van der Waals surface area (Å²) in [6, 6.07) is 0. The third-order valence-corrected chi connectivity index (χ3v) is 0.513. The molecule has 0 amide bonds. The average molecular weight is 149 g/mol. The molecule has 0 aromatic rings. The smallest absolute Gasteiger partial charge is 0.234 e. The Morgan fingerprint density at radius 3 is 1.80 bits per heavy atom. The van der Waals surface area contributed by atoms with E-state index in [4.69, 9.17) is 20.1 Å². The summed E-state index contributed by atoms with van der Waals surface area (Å²) in [5.41, 5.74) is 0. The standard InChI is InChI=1S/C3H8O3.C2H3NO/c4-1-3(6)2-5;1-3-2-4/h3-6H,1-2H2;1H3. The van der Waals surface area contributed by atoms with Crippen LogP contribution in [0.25, 0.3) is 0 Å². The lowest BCUT2D eigenvalue weighted by Crippen LogP contribution is -2.15. The third kappa shape index (κ3) is 15.7. The van der Waals surface area contributed by atoms with Crippen LogP contribution in [0.1, 0.15) is 0 Å². The van der Waals surface area contributed by atoms with E-state index in [1.165, 1.54) is 13.1 Å². The van der Waals surface area contributed by atoms with Crippen molar-refractivity contribution in [1.82, 2.24) is 0 Å². The summed E-state index contributed by atoms with van der Waals surface area (Å²) in [4.78, 5) is 11.8. The van der Waals surface area contributed by atoms with Gasteiger partial charge in [-0.1, -0.05) is 0 Å². The number of isocyanates is 1. The topological polar surface area (TPSA) is 90.1 Å². The minimum atomic E-state index is -0.954. The van der Waals surface area contributed by atoms with E-state index >= 15 is 0 Å². The molecule has 0 unspecified atom stereocenters. The minimum Gasteiger partial charge on any atom is -0.394 e. The Balaban J connectivity index is 0. The number of hydrogen-bond acceptors (Lipinski definition) is 5. The molecule has 0 rings (SSSR count). The molecule has 0 saturated heterocycles. The molecule has 0 radical (unpaired) electrons. The van der Waals surface area contributed by atoms with Crippen molar-refractivity contribution in [2.45, 2.75) is 6.10 Å². The SMILES string of the molecule is CN=C=O.OCC(O)CO. The maximum atomic E-state index is 8.88. The summed E-state index contributed by atoms with van der Waals surface area (Å²) in [6.07, 6.45) is 0.352. The quantitative estimate of drug-likeness (QED) is 0.322. The van der Waals surface area contributed by atoms with Crippen LogP contribution in [-0.4, -0.2) is 47.8 Å². The number of aliphatic hydroxyl groups excluding tert-OH is 3. The van der Waals surface area contributed by atoms with E-state index in [0.29, 0.717) is 0 Å². The first-order valence-electron chi connectivity index (χ1n) is 2.58. The van der Waals surface area contributed by atoms with Gasteiger partial charge < -0.3 is 15.3 Å². The van der Waals surface area contributed by atoms with Crippen LogP contribution in [-0.2, 0) is 4.79 Å². The van der Waals surface area contributed by atoms with Crippen molar-refractivity contribution >= 4 is 6.08 Å². The Kier molecular flexibility index (Phi) is 13.3. The van der Waals surface area contributed by atoms with Crippen LogP contribution < -0.4 is 0 Å². The number of hydrogen-bond donors (Lipinski definition) is 3. The van der Waals surface area contributed by atoms with E-state index in [9.17, 15) is 0 Å². The van der Waals surface area contributed by atoms with Crippen LogP contribution in [0.15, 0.2) is 4.99 Å². The second kappa shape index (κ2) is 11.1. The zero-order valence-electron chi connectivity index (χ0n) is 5.69. The van der Waals surface area contributed by atoms with E-state index in [1.54, 1.807) is 0 Å². The van der Waals surface area contributed by atoms with Crippen LogP contribution in [0.3, 0.4) is 0 Å². The van der Waals surface area contributed by atoms with Gasteiger partial charge in [0.15, 0.2) is 0 Å². The third-order valence-electron chi connectivity index (χ3n) is 0.513. The second-order valence-electron chi connectivity index (χ2n) is 1.33. The molecule has 0 spiro atoms. The molecule has 0 atom stereocenters. The Morgan fingerprint density at radius 1 is 1.50 bits per heavy atom. The molecular formula is C5H11NO4. The van der Waals surface area contributed by atoms with Crippen molar-refractivity contribution in [3.63, 3.8) is 0 Å². The van der Waals surface area contributed by atoms with Crippen LogP contribution >= 0.6 is 0 Å². The molecule has 3 N–H and O–H groups in total. The van der Waals surface area contributed by atoms with Gasteiger partial charge in [0.2, 0.25) is 6.08 Å². The fraction of sp³-hybridized carbons (Fsp3) is 0.800. The van der Waals surface area contributed by atoms with Gasteiger partial charge in [-0.15, -0.1) is 0 Å². The number of nitrogens with zero attached hydrogens (tertiary/aromatic N) is 1. The zero-order valence-corrected chi connectivity index (χ0v) is 5.69. The highest BCUT2D eigenvalue weighted by Gasteiger charge is 1.93.